The molecule has 1 N–H and O–H groups in total. The maximum Gasteiger partial charge on any atom is 0.168 e. The molecule has 3 heteroatoms. The fraction of sp³-hybridized carbons (Fsp3) is 0.444. The molecule has 3 nitrogen and oxygen atoms in total. The number of rotatable bonds is 1. The third kappa shape index (κ3) is 1.35. The normalized spacial score (nSPS) is 16.9. The van der Waals surface area contributed by atoms with Gasteiger partial charge in [-0.25, -0.2) is 0 Å². The third-order valence-electron chi connectivity index (χ3n) is 1.87. The van der Waals surface area contributed by atoms with Gasteiger partial charge in [-0.15, -0.1) is 0 Å². The largest absolute Gasteiger partial charge is 0.458 e. The van der Waals surface area contributed by atoms with Gasteiger partial charge in [-0.2, -0.15) is 0 Å². The molecule has 1 aliphatic heterocycles. The minimum absolute atomic E-state index is 0.854. The summed E-state index contributed by atoms with van der Waals surface area (Å²) in [7, 11) is 0. The van der Waals surface area contributed by atoms with Crippen molar-refractivity contribution in [2.24, 2.45) is 4.99 Å². The van der Waals surface area contributed by atoms with E-state index in [9.17, 15) is 0 Å². The Morgan fingerprint density at radius 1 is 1.50 bits per heavy atom. The first-order chi connectivity index (χ1) is 5.86. The molecule has 0 saturated carbocycles. The van der Waals surface area contributed by atoms with Crippen molar-refractivity contribution in [3.05, 3.63) is 23.7 Å². The van der Waals surface area contributed by atoms with E-state index in [1.807, 2.05) is 19.1 Å². The molecule has 0 aliphatic carbocycles. The second kappa shape index (κ2) is 3.01. The van der Waals surface area contributed by atoms with Gasteiger partial charge in [0.05, 0.1) is 0 Å². The van der Waals surface area contributed by atoms with Crippen LogP contribution in [-0.2, 0) is 0 Å². The molecule has 0 saturated heterocycles. The fourth-order valence-electron chi connectivity index (χ4n) is 1.26. The zero-order valence-electron chi connectivity index (χ0n) is 7.13. The summed E-state index contributed by atoms with van der Waals surface area (Å²) in [5.41, 5.74) is 0. The van der Waals surface area contributed by atoms with Gasteiger partial charge in [0.25, 0.3) is 0 Å². The summed E-state index contributed by atoms with van der Waals surface area (Å²) >= 11 is 0. The van der Waals surface area contributed by atoms with Crippen LogP contribution in [0.15, 0.2) is 21.5 Å². The Labute approximate surface area is 71.5 Å². The zero-order valence-corrected chi connectivity index (χ0v) is 7.13. The smallest absolute Gasteiger partial charge is 0.168 e. The summed E-state index contributed by atoms with van der Waals surface area (Å²) in [4.78, 5) is 4.32. The lowest BCUT2D eigenvalue weighted by molar-refractivity contribution is 0.519. The lowest BCUT2D eigenvalue weighted by Gasteiger charge is -2.11. The highest BCUT2D eigenvalue weighted by Crippen LogP contribution is 2.08. The van der Waals surface area contributed by atoms with E-state index < -0.39 is 0 Å². The van der Waals surface area contributed by atoms with Crippen molar-refractivity contribution in [2.75, 3.05) is 13.1 Å². The predicted octanol–water partition coefficient (Wildman–Crippen LogP) is 1.33. The molecule has 1 aromatic heterocycles. The molecule has 0 aromatic carbocycles. The molecule has 0 amide bonds. The molecule has 2 heterocycles. The number of aryl methyl sites for hydroxylation is 1. The van der Waals surface area contributed by atoms with Crippen molar-refractivity contribution in [3.8, 4) is 0 Å². The maximum absolute atomic E-state index is 5.43. The SMILES string of the molecule is Cc1ccc(C2=NCCCN2)o1. The van der Waals surface area contributed by atoms with Crippen molar-refractivity contribution >= 4 is 5.84 Å². The summed E-state index contributed by atoms with van der Waals surface area (Å²) in [5, 5.41) is 3.20. The number of hydrogen-bond acceptors (Lipinski definition) is 3. The van der Waals surface area contributed by atoms with Gasteiger partial charge >= 0.3 is 0 Å². The number of nitrogens with zero attached hydrogens (tertiary/aromatic N) is 1. The van der Waals surface area contributed by atoms with Gasteiger partial charge in [0, 0.05) is 13.1 Å². The van der Waals surface area contributed by atoms with Crippen LogP contribution in [0.5, 0.6) is 0 Å². The van der Waals surface area contributed by atoms with E-state index in [4.69, 9.17) is 4.42 Å². The standard InChI is InChI=1S/C9H12N2O/c1-7-3-4-8(12-7)9-10-5-2-6-11-9/h3-4H,2,5-6H2,1H3,(H,10,11). The Morgan fingerprint density at radius 3 is 3.00 bits per heavy atom. The minimum Gasteiger partial charge on any atom is -0.458 e. The second-order valence-corrected chi connectivity index (χ2v) is 2.92. The zero-order chi connectivity index (χ0) is 8.39. The highest BCUT2D eigenvalue weighted by atomic mass is 16.3. The number of amidine groups is 1. The summed E-state index contributed by atoms with van der Waals surface area (Å²) in [6.07, 6.45) is 1.11. The first-order valence-electron chi connectivity index (χ1n) is 4.21. The van der Waals surface area contributed by atoms with Crippen LogP contribution in [0.4, 0.5) is 0 Å². The Balaban J connectivity index is 2.23. The number of nitrogens with one attached hydrogen (secondary N) is 1. The van der Waals surface area contributed by atoms with Gasteiger partial charge in [0.15, 0.2) is 11.6 Å². The van der Waals surface area contributed by atoms with Gasteiger partial charge in [0.2, 0.25) is 0 Å². The maximum atomic E-state index is 5.43. The van der Waals surface area contributed by atoms with Crippen molar-refractivity contribution < 1.29 is 4.42 Å². The molecular weight excluding hydrogens is 152 g/mol. The molecule has 0 radical (unpaired) electrons. The number of aliphatic imine (C=N–C) groups is 1. The molecule has 1 aromatic rings. The van der Waals surface area contributed by atoms with Crippen LogP contribution in [0.25, 0.3) is 0 Å². The number of furan rings is 1. The summed E-state index contributed by atoms with van der Waals surface area (Å²) < 4.78 is 5.43. The van der Waals surface area contributed by atoms with Crippen molar-refractivity contribution in [1.29, 1.82) is 0 Å². The molecular formula is C9H12N2O. The van der Waals surface area contributed by atoms with Gasteiger partial charge in [-0.3, -0.25) is 4.99 Å². The van der Waals surface area contributed by atoms with Crippen LogP contribution in [0, 0.1) is 6.92 Å². The second-order valence-electron chi connectivity index (χ2n) is 2.92. The van der Waals surface area contributed by atoms with E-state index in [-0.39, 0.29) is 0 Å². The summed E-state index contributed by atoms with van der Waals surface area (Å²) in [6, 6.07) is 3.90. The van der Waals surface area contributed by atoms with Crippen LogP contribution in [0.1, 0.15) is 17.9 Å². The van der Waals surface area contributed by atoms with E-state index in [0.717, 1.165) is 36.9 Å². The lowest BCUT2D eigenvalue weighted by atomic mass is 10.3. The average molecular weight is 164 g/mol. The van der Waals surface area contributed by atoms with Crippen LogP contribution in [-0.4, -0.2) is 18.9 Å². The average Bonchev–Trinajstić information content (AvgIpc) is 2.54. The van der Waals surface area contributed by atoms with Gasteiger partial charge < -0.3 is 9.73 Å². The third-order valence-corrected chi connectivity index (χ3v) is 1.87. The van der Waals surface area contributed by atoms with Crippen LogP contribution < -0.4 is 5.32 Å². The number of hydrogen-bond donors (Lipinski definition) is 1. The molecule has 1 aliphatic rings. The topological polar surface area (TPSA) is 37.5 Å². The molecule has 0 spiro atoms. The molecule has 0 unspecified atom stereocenters. The fourth-order valence-corrected chi connectivity index (χ4v) is 1.26. The van der Waals surface area contributed by atoms with Crippen molar-refractivity contribution in [3.63, 3.8) is 0 Å². The quantitative estimate of drug-likeness (QED) is 0.679. The minimum atomic E-state index is 0.854. The van der Waals surface area contributed by atoms with E-state index in [1.165, 1.54) is 0 Å². The molecule has 12 heavy (non-hydrogen) atoms. The van der Waals surface area contributed by atoms with E-state index >= 15 is 0 Å². The molecule has 0 bridgehead atoms. The molecule has 2 rings (SSSR count). The Morgan fingerprint density at radius 2 is 2.42 bits per heavy atom. The molecule has 64 valence electrons. The van der Waals surface area contributed by atoms with Crippen molar-refractivity contribution in [1.82, 2.24) is 5.32 Å². The van der Waals surface area contributed by atoms with Crippen LogP contribution in [0.2, 0.25) is 0 Å². The monoisotopic (exact) mass is 164 g/mol. The Bertz CT molecular complexity index is 301. The van der Waals surface area contributed by atoms with Gasteiger partial charge in [0.1, 0.15) is 5.76 Å². The van der Waals surface area contributed by atoms with E-state index in [1.54, 1.807) is 0 Å². The van der Waals surface area contributed by atoms with E-state index in [0.29, 0.717) is 0 Å². The summed E-state index contributed by atoms with van der Waals surface area (Å²) in [5.74, 6) is 2.68. The molecule has 0 fully saturated rings. The Kier molecular flexibility index (Phi) is 1.86. The van der Waals surface area contributed by atoms with E-state index in [2.05, 4.69) is 10.3 Å². The van der Waals surface area contributed by atoms with Gasteiger partial charge in [-0.1, -0.05) is 0 Å². The lowest BCUT2D eigenvalue weighted by Crippen LogP contribution is -2.29. The highest BCUT2D eigenvalue weighted by molar-refractivity contribution is 5.96. The van der Waals surface area contributed by atoms with Crippen LogP contribution in [0.3, 0.4) is 0 Å². The van der Waals surface area contributed by atoms with Crippen LogP contribution >= 0.6 is 0 Å². The Hall–Kier alpha value is -1.25. The first kappa shape index (κ1) is 7.40. The highest BCUT2D eigenvalue weighted by Gasteiger charge is 2.09. The first-order valence-corrected chi connectivity index (χ1v) is 4.21. The van der Waals surface area contributed by atoms with Gasteiger partial charge in [-0.05, 0) is 25.5 Å². The molecule has 0 atom stereocenters. The predicted molar refractivity (Wildman–Crippen MR) is 47.5 cm³/mol. The van der Waals surface area contributed by atoms with Crippen molar-refractivity contribution in [2.45, 2.75) is 13.3 Å². The summed E-state index contributed by atoms with van der Waals surface area (Å²) in [6.45, 7) is 3.84.